The number of aliphatic hydroxyl groups is 1. The Balaban J connectivity index is 1.85. The highest BCUT2D eigenvalue weighted by Crippen LogP contribution is 2.30. The van der Waals surface area contributed by atoms with Gasteiger partial charge < -0.3 is 19.6 Å². The van der Waals surface area contributed by atoms with E-state index in [9.17, 15) is 31.5 Å². The number of sulfonamides is 1. The number of aliphatic hydroxyl groups excluding tert-OH is 1. The van der Waals surface area contributed by atoms with Crippen molar-refractivity contribution in [2.75, 3.05) is 13.2 Å². The SMILES string of the molecule is CC(C)(C)NS(=O)(=O)c1ccc(C(=O)NCC(O)COc2ccc(C(F)(F)F)cc2)o1. The van der Waals surface area contributed by atoms with E-state index >= 15 is 0 Å². The second-order valence-corrected chi connectivity index (χ2v) is 9.28. The number of hydrogen-bond donors (Lipinski definition) is 3. The molecule has 31 heavy (non-hydrogen) atoms. The predicted octanol–water partition coefficient (Wildman–Crippen LogP) is 2.54. The van der Waals surface area contributed by atoms with E-state index in [4.69, 9.17) is 9.15 Å². The number of nitrogens with one attached hydrogen (secondary N) is 2. The fraction of sp³-hybridized carbons (Fsp3) is 0.421. The molecular weight excluding hydrogens is 441 g/mol. The van der Waals surface area contributed by atoms with E-state index in [1.807, 2.05) is 0 Å². The smallest absolute Gasteiger partial charge is 0.416 e. The molecule has 1 unspecified atom stereocenters. The van der Waals surface area contributed by atoms with E-state index in [0.717, 1.165) is 30.3 Å². The van der Waals surface area contributed by atoms with Gasteiger partial charge in [0.05, 0.1) is 5.56 Å². The monoisotopic (exact) mass is 464 g/mol. The number of rotatable bonds is 8. The summed E-state index contributed by atoms with van der Waals surface area (Å²) in [5.74, 6) is -0.915. The van der Waals surface area contributed by atoms with Gasteiger partial charge in [0.1, 0.15) is 18.5 Å². The molecule has 1 amide bonds. The molecule has 8 nitrogen and oxygen atoms in total. The molecule has 0 bridgehead atoms. The minimum atomic E-state index is -4.46. The molecule has 2 rings (SSSR count). The van der Waals surface area contributed by atoms with E-state index in [1.54, 1.807) is 20.8 Å². The Kier molecular flexibility index (Phi) is 7.40. The molecular formula is C19H23F3N2O6S. The maximum absolute atomic E-state index is 12.5. The Morgan fingerprint density at radius 3 is 2.29 bits per heavy atom. The first-order valence-electron chi connectivity index (χ1n) is 9.07. The van der Waals surface area contributed by atoms with Gasteiger partial charge in [-0.2, -0.15) is 13.2 Å². The lowest BCUT2D eigenvalue weighted by atomic mass is 10.1. The van der Waals surface area contributed by atoms with Crippen molar-refractivity contribution in [2.24, 2.45) is 0 Å². The van der Waals surface area contributed by atoms with Crippen molar-refractivity contribution in [2.45, 2.75) is 43.7 Å². The summed E-state index contributed by atoms with van der Waals surface area (Å²) in [6.45, 7) is 4.39. The van der Waals surface area contributed by atoms with Crippen LogP contribution in [-0.2, 0) is 16.2 Å². The van der Waals surface area contributed by atoms with Crippen molar-refractivity contribution in [1.82, 2.24) is 10.0 Å². The topological polar surface area (TPSA) is 118 Å². The van der Waals surface area contributed by atoms with Crippen LogP contribution >= 0.6 is 0 Å². The van der Waals surface area contributed by atoms with Gasteiger partial charge in [-0.05, 0) is 57.2 Å². The third-order valence-corrected chi connectivity index (χ3v) is 5.26. The molecule has 0 aliphatic carbocycles. The number of carbonyl (C=O) groups excluding carboxylic acids is 1. The number of halogens is 3. The highest BCUT2D eigenvalue weighted by atomic mass is 32.2. The summed E-state index contributed by atoms with van der Waals surface area (Å²) in [4.78, 5) is 12.1. The fourth-order valence-electron chi connectivity index (χ4n) is 2.33. The maximum Gasteiger partial charge on any atom is 0.416 e. The molecule has 0 saturated carbocycles. The van der Waals surface area contributed by atoms with Gasteiger partial charge in [0, 0.05) is 12.1 Å². The minimum absolute atomic E-state index is 0.116. The zero-order valence-corrected chi connectivity index (χ0v) is 17.8. The molecule has 0 fully saturated rings. The van der Waals surface area contributed by atoms with E-state index in [1.165, 1.54) is 6.07 Å². The lowest BCUT2D eigenvalue weighted by molar-refractivity contribution is -0.137. The zero-order valence-electron chi connectivity index (χ0n) is 17.0. The van der Waals surface area contributed by atoms with E-state index < -0.39 is 44.4 Å². The third kappa shape index (κ3) is 7.56. The van der Waals surface area contributed by atoms with Crippen LogP contribution in [0.3, 0.4) is 0 Å². The molecule has 0 aliphatic heterocycles. The summed E-state index contributed by atoms with van der Waals surface area (Å²) in [5.41, 5.74) is -1.57. The molecule has 0 radical (unpaired) electrons. The normalized spacial score (nSPS) is 13.6. The number of furan rings is 1. The van der Waals surface area contributed by atoms with Crippen molar-refractivity contribution < 1.29 is 40.6 Å². The van der Waals surface area contributed by atoms with Crippen molar-refractivity contribution in [3.8, 4) is 5.75 Å². The lowest BCUT2D eigenvalue weighted by Crippen LogP contribution is -2.40. The molecule has 172 valence electrons. The molecule has 1 atom stereocenters. The average Bonchev–Trinajstić information content (AvgIpc) is 3.13. The van der Waals surface area contributed by atoms with Gasteiger partial charge in [-0.3, -0.25) is 4.79 Å². The summed E-state index contributed by atoms with van der Waals surface area (Å²) < 4.78 is 74.6. The van der Waals surface area contributed by atoms with E-state index in [0.29, 0.717) is 0 Å². The van der Waals surface area contributed by atoms with Crippen LogP contribution in [0.4, 0.5) is 13.2 Å². The molecule has 0 spiro atoms. The number of carbonyl (C=O) groups is 1. The van der Waals surface area contributed by atoms with Crippen LogP contribution in [-0.4, -0.2) is 44.2 Å². The van der Waals surface area contributed by atoms with Crippen LogP contribution in [0.1, 0.15) is 36.9 Å². The van der Waals surface area contributed by atoms with Crippen LogP contribution in [0.15, 0.2) is 45.9 Å². The van der Waals surface area contributed by atoms with Gasteiger partial charge >= 0.3 is 6.18 Å². The van der Waals surface area contributed by atoms with Crippen LogP contribution in [0.25, 0.3) is 0 Å². The van der Waals surface area contributed by atoms with Crippen molar-refractivity contribution in [3.05, 3.63) is 47.7 Å². The maximum atomic E-state index is 12.5. The molecule has 0 aliphatic rings. The van der Waals surface area contributed by atoms with Crippen molar-refractivity contribution >= 4 is 15.9 Å². The first-order valence-corrected chi connectivity index (χ1v) is 10.6. The van der Waals surface area contributed by atoms with Crippen molar-refractivity contribution in [1.29, 1.82) is 0 Å². The third-order valence-electron chi connectivity index (χ3n) is 3.63. The lowest BCUT2D eigenvalue weighted by Gasteiger charge is -2.19. The Morgan fingerprint density at radius 1 is 1.13 bits per heavy atom. The Hall–Kier alpha value is -2.57. The summed E-state index contributed by atoms with van der Waals surface area (Å²) in [6, 6.07) is 6.24. The zero-order chi connectivity index (χ0) is 23.4. The number of alkyl halides is 3. The number of amides is 1. The van der Waals surface area contributed by atoms with Crippen LogP contribution in [0, 0.1) is 0 Å². The Bertz CT molecular complexity index is 995. The summed E-state index contributed by atoms with van der Waals surface area (Å²) in [6.07, 6.45) is -5.64. The van der Waals surface area contributed by atoms with Gasteiger partial charge in [-0.25, -0.2) is 13.1 Å². The van der Waals surface area contributed by atoms with Crippen LogP contribution in [0.5, 0.6) is 5.75 Å². The highest BCUT2D eigenvalue weighted by Gasteiger charge is 2.30. The fourth-order valence-corrected chi connectivity index (χ4v) is 3.68. The van der Waals surface area contributed by atoms with Crippen LogP contribution in [0.2, 0.25) is 0 Å². The first kappa shape index (κ1) is 24.7. The number of ether oxygens (including phenoxy) is 1. The first-order chi connectivity index (χ1) is 14.2. The second kappa shape index (κ2) is 9.28. The van der Waals surface area contributed by atoms with Gasteiger partial charge in [-0.15, -0.1) is 0 Å². The number of benzene rings is 1. The standard InChI is InChI=1S/C19H23F3N2O6S/c1-18(2,3)24-31(27,28)16-9-8-15(30-16)17(26)23-10-13(25)11-29-14-6-4-12(5-7-14)19(20,21)22/h4-9,13,24-25H,10-11H2,1-3H3,(H,23,26). The molecule has 1 heterocycles. The number of hydrogen-bond acceptors (Lipinski definition) is 6. The van der Waals surface area contributed by atoms with Gasteiger partial charge in [0.2, 0.25) is 5.09 Å². The molecule has 1 aromatic heterocycles. The molecule has 12 heteroatoms. The molecule has 2 aromatic rings. The Labute approximate surface area is 177 Å². The minimum Gasteiger partial charge on any atom is -0.491 e. The van der Waals surface area contributed by atoms with Gasteiger partial charge in [0.25, 0.3) is 15.9 Å². The van der Waals surface area contributed by atoms with Gasteiger partial charge in [0.15, 0.2) is 5.76 Å². The van der Waals surface area contributed by atoms with E-state index in [-0.39, 0.29) is 24.7 Å². The molecule has 3 N–H and O–H groups in total. The van der Waals surface area contributed by atoms with Crippen LogP contribution < -0.4 is 14.8 Å². The van der Waals surface area contributed by atoms with Gasteiger partial charge in [-0.1, -0.05) is 0 Å². The second-order valence-electron chi connectivity index (χ2n) is 7.67. The molecule has 1 aromatic carbocycles. The summed E-state index contributed by atoms with van der Waals surface area (Å²) in [7, 11) is -3.95. The highest BCUT2D eigenvalue weighted by molar-refractivity contribution is 7.89. The predicted molar refractivity (Wildman–Crippen MR) is 104 cm³/mol. The summed E-state index contributed by atoms with van der Waals surface area (Å²) in [5, 5.41) is 11.8. The van der Waals surface area contributed by atoms with Crippen molar-refractivity contribution in [3.63, 3.8) is 0 Å². The molecule has 0 saturated heterocycles. The largest absolute Gasteiger partial charge is 0.491 e. The quantitative estimate of drug-likeness (QED) is 0.553. The van der Waals surface area contributed by atoms with E-state index in [2.05, 4.69) is 10.0 Å². The average molecular weight is 464 g/mol. The summed E-state index contributed by atoms with van der Waals surface area (Å²) >= 11 is 0. The Morgan fingerprint density at radius 2 is 1.74 bits per heavy atom.